The maximum absolute atomic E-state index is 11.9. The molecule has 1 aliphatic heterocycles. The van der Waals surface area contributed by atoms with E-state index < -0.39 is 29.1 Å². The summed E-state index contributed by atoms with van der Waals surface area (Å²) in [6.07, 6.45) is -0.479. The third kappa shape index (κ3) is 3.12. The van der Waals surface area contributed by atoms with E-state index in [1.165, 1.54) is 6.07 Å². The number of fused-ring (bicyclic) bond motifs is 1. The fourth-order valence-electron chi connectivity index (χ4n) is 1.80. The molecule has 0 spiro atoms. The molecule has 20 heavy (non-hydrogen) atoms. The van der Waals surface area contributed by atoms with Gasteiger partial charge in [-0.05, 0) is 6.07 Å². The van der Waals surface area contributed by atoms with Crippen LogP contribution in [0.25, 0.3) is 0 Å². The topological polar surface area (TPSA) is 121 Å². The maximum atomic E-state index is 11.9. The Bertz CT molecular complexity index is 615. The van der Waals surface area contributed by atoms with Crippen LogP contribution in [0.1, 0.15) is 27.1 Å². The monoisotopic (exact) mass is 302 g/mol. The number of carboxylic acids is 1. The third-order valence-electron chi connectivity index (χ3n) is 2.70. The van der Waals surface area contributed by atoms with Crippen LogP contribution < -0.4 is 56.5 Å². The van der Waals surface area contributed by atoms with Crippen molar-refractivity contribution >= 4 is 23.5 Å². The Kier molecular flexibility index (Phi) is 5.54. The molecule has 0 aromatic heterocycles. The smallest absolute Gasteiger partial charge is 0.550 e. The Balaban J connectivity index is 0.00000200. The second-order valence-corrected chi connectivity index (χ2v) is 3.87. The van der Waals surface area contributed by atoms with Crippen molar-refractivity contribution in [3.05, 3.63) is 39.4 Å². The summed E-state index contributed by atoms with van der Waals surface area (Å²) in [5, 5.41) is 20.9. The van der Waals surface area contributed by atoms with Crippen LogP contribution >= 0.6 is 0 Å². The number of carbonyl (C=O) groups excluding carboxylic acids is 3. The van der Waals surface area contributed by atoms with Gasteiger partial charge in [0.15, 0.2) is 0 Å². The van der Waals surface area contributed by atoms with E-state index in [1.807, 2.05) is 0 Å². The summed E-state index contributed by atoms with van der Waals surface area (Å²) < 4.78 is 0. The molecule has 2 amide bonds. The number of hydrogen-bond acceptors (Lipinski definition) is 6. The number of aliphatic carboxylic acids is 1. The first kappa shape index (κ1) is 16.9. The first-order chi connectivity index (χ1) is 8.91. The molecule has 0 N–H and O–H groups in total. The molecule has 0 aliphatic carbocycles. The number of nitrogens with zero attached hydrogens (tertiary/aromatic N) is 2. The molecule has 1 aromatic carbocycles. The molecule has 9 heteroatoms. The minimum absolute atomic E-state index is 0. The Morgan fingerprint density at radius 1 is 1.20 bits per heavy atom. The molecule has 8 nitrogen and oxygen atoms in total. The molecule has 1 aliphatic rings. The van der Waals surface area contributed by atoms with Crippen LogP contribution in [0.5, 0.6) is 0 Å². The molecule has 0 atom stereocenters. The largest absolute Gasteiger partial charge is 1.00 e. The molecule has 1 aromatic rings. The molecule has 1 heterocycles. The van der Waals surface area contributed by atoms with Gasteiger partial charge in [0.05, 0.1) is 16.1 Å². The molecular formula is C11H7KN2O6. The Labute approximate surface area is 155 Å². The van der Waals surface area contributed by atoms with Crippen LogP contribution in [-0.2, 0) is 4.79 Å². The number of non-ortho nitro benzene ring substituents is 1. The van der Waals surface area contributed by atoms with Gasteiger partial charge in [-0.25, -0.2) is 0 Å². The first-order valence-corrected chi connectivity index (χ1v) is 5.26. The van der Waals surface area contributed by atoms with E-state index in [4.69, 9.17) is 0 Å². The fourth-order valence-corrected chi connectivity index (χ4v) is 1.80. The van der Waals surface area contributed by atoms with Gasteiger partial charge in [-0.2, -0.15) is 0 Å². The van der Waals surface area contributed by atoms with Crippen LogP contribution in [0, 0.1) is 10.1 Å². The van der Waals surface area contributed by atoms with Gasteiger partial charge in [0.25, 0.3) is 17.5 Å². The van der Waals surface area contributed by atoms with Crippen molar-refractivity contribution in [2.45, 2.75) is 6.42 Å². The number of imide groups is 1. The zero-order valence-corrected chi connectivity index (χ0v) is 13.6. The van der Waals surface area contributed by atoms with E-state index in [-0.39, 0.29) is 74.7 Å². The number of hydrogen-bond donors (Lipinski definition) is 0. The molecule has 0 saturated heterocycles. The number of benzene rings is 1. The zero-order valence-electron chi connectivity index (χ0n) is 10.5. The fraction of sp³-hybridized carbons (Fsp3) is 0.182. The van der Waals surface area contributed by atoms with Crippen molar-refractivity contribution in [3.8, 4) is 0 Å². The van der Waals surface area contributed by atoms with E-state index in [9.17, 15) is 29.6 Å². The van der Waals surface area contributed by atoms with Crippen molar-refractivity contribution in [2.24, 2.45) is 0 Å². The molecule has 0 unspecified atom stereocenters. The van der Waals surface area contributed by atoms with Gasteiger partial charge in [0.2, 0.25) is 0 Å². The van der Waals surface area contributed by atoms with Gasteiger partial charge in [-0.1, -0.05) is 0 Å². The van der Waals surface area contributed by atoms with E-state index in [0.29, 0.717) is 0 Å². The van der Waals surface area contributed by atoms with Crippen LogP contribution in [0.3, 0.4) is 0 Å². The van der Waals surface area contributed by atoms with Crippen molar-refractivity contribution < 1.29 is 75.8 Å². The molecule has 98 valence electrons. The van der Waals surface area contributed by atoms with Gasteiger partial charge >= 0.3 is 51.4 Å². The number of nitro groups is 1. The summed E-state index contributed by atoms with van der Waals surface area (Å²) >= 11 is 0. The summed E-state index contributed by atoms with van der Waals surface area (Å²) in [6.45, 7) is -0.317. The van der Waals surface area contributed by atoms with E-state index in [0.717, 1.165) is 17.0 Å². The summed E-state index contributed by atoms with van der Waals surface area (Å²) in [6, 6.07) is 3.31. The van der Waals surface area contributed by atoms with Gasteiger partial charge in [0, 0.05) is 31.1 Å². The van der Waals surface area contributed by atoms with Crippen molar-refractivity contribution in [3.63, 3.8) is 0 Å². The molecule has 0 radical (unpaired) electrons. The summed E-state index contributed by atoms with van der Waals surface area (Å²) in [7, 11) is 0. The van der Waals surface area contributed by atoms with Crippen LogP contribution in [0.15, 0.2) is 18.2 Å². The minimum Gasteiger partial charge on any atom is -0.550 e. The number of amides is 2. The van der Waals surface area contributed by atoms with E-state index in [2.05, 4.69) is 0 Å². The number of carbonyl (C=O) groups is 3. The summed E-state index contributed by atoms with van der Waals surface area (Å²) in [5.41, 5.74) is -0.354. The zero-order chi connectivity index (χ0) is 14.2. The normalized spacial score (nSPS) is 12.9. The van der Waals surface area contributed by atoms with Crippen LogP contribution in [0.2, 0.25) is 0 Å². The molecule has 0 fully saturated rings. The number of carboxylic acid groups (broad SMARTS) is 1. The molecule has 2 rings (SSSR count). The Morgan fingerprint density at radius 2 is 1.80 bits per heavy atom. The van der Waals surface area contributed by atoms with E-state index >= 15 is 0 Å². The molecule has 0 bridgehead atoms. The predicted molar refractivity (Wildman–Crippen MR) is 58.1 cm³/mol. The average molecular weight is 302 g/mol. The number of nitro benzene ring substituents is 1. The third-order valence-corrected chi connectivity index (χ3v) is 2.70. The predicted octanol–water partition coefficient (Wildman–Crippen LogP) is -3.67. The van der Waals surface area contributed by atoms with Crippen LogP contribution in [-0.4, -0.2) is 34.2 Å². The standard InChI is InChI=1S/C11H8N2O6.K/c14-9(15)3-4-12-10(16)7-2-1-6(13(18)19)5-8(7)11(12)17;/h1-2,5H,3-4H2,(H,14,15);/q;+1/p-1. The van der Waals surface area contributed by atoms with Crippen molar-refractivity contribution in [2.75, 3.05) is 6.54 Å². The first-order valence-electron chi connectivity index (χ1n) is 5.26. The minimum atomic E-state index is -1.39. The van der Waals surface area contributed by atoms with Crippen molar-refractivity contribution in [1.29, 1.82) is 0 Å². The second-order valence-electron chi connectivity index (χ2n) is 3.87. The average Bonchev–Trinajstić information content (AvgIpc) is 2.59. The summed E-state index contributed by atoms with van der Waals surface area (Å²) in [5.74, 6) is -2.77. The van der Waals surface area contributed by atoms with E-state index in [1.54, 1.807) is 0 Å². The molecular weight excluding hydrogens is 295 g/mol. The molecule has 0 saturated carbocycles. The maximum Gasteiger partial charge on any atom is 1.00 e. The van der Waals surface area contributed by atoms with Gasteiger partial charge < -0.3 is 9.90 Å². The van der Waals surface area contributed by atoms with Gasteiger partial charge in [-0.3, -0.25) is 24.6 Å². The van der Waals surface area contributed by atoms with Crippen molar-refractivity contribution in [1.82, 2.24) is 4.90 Å². The number of rotatable bonds is 4. The summed E-state index contributed by atoms with van der Waals surface area (Å²) in [4.78, 5) is 44.7. The Hall–Kier alpha value is -1.13. The second kappa shape index (κ2) is 6.55. The Morgan fingerprint density at radius 3 is 2.35 bits per heavy atom. The van der Waals surface area contributed by atoms with Gasteiger partial charge in [-0.15, -0.1) is 0 Å². The quantitative estimate of drug-likeness (QED) is 0.244. The van der Waals surface area contributed by atoms with Crippen LogP contribution in [0.4, 0.5) is 5.69 Å². The van der Waals surface area contributed by atoms with Gasteiger partial charge in [0.1, 0.15) is 0 Å². The SMILES string of the molecule is O=C([O-])CCN1C(=O)c2ccc([N+](=O)[O-])cc2C1=O.[K+].